The van der Waals surface area contributed by atoms with Gasteiger partial charge in [-0.15, -0.1) is 0 Å². The maximum atomic E-state index is 4.95. The number of hydrogen-bond acceptors (Lipinski definition) is 1. The molecule has 2 aromatic carbocycles. The zero-order valence-electron chi connectivity index (χ0n) is 16.9. The zero-order chi connectivity index (χ0) is 20.8. The molecule has 0 amide bonds. The lowest BCUT2D eigenvalue weighted by atomic mass is 10.1. The number of nitrogens with zero attached hydrogens (tertiary/aromatic N) is 3. The van der Waals surface area contributed by atoms with E-state index in [9.17, 15) is 0 Å². The van der Waals surface area contributed by atoms with Crippen molar-refractivity contribution >= 4 is 52.0 Å². The van der Waals surface area contributed by atoms with Crippen molar-refractivity contribution in [3.63, 3.8) is 0 Å². The predicted octanol–water partition coefficient (Wildman–Crippen LogP) is 6.72. The number of aromatic amines is 1. The number of aromatic nitrogens is 4. The molecule has 1 N–H and O–H groups in total. The first-order valence-electron chi connectivity index (χ1n) is 9.89. The highest BCUT2D eigenvalue weighted by Gasteiger charge is 2.19. The van der Waals surface area contributed by atoms with Gasteiger partial charge in [-0.05, 0) is 55.5 Å². The second-order valence-electron chi connectivity index (χ2n) is 7.14. The zero-order valence-corrected chi connectivity index (χ0v) is 16.9. The van der Waals surface area contributed by atoms with Gasteiger partial charge >= 0.3 is 0 Å². The molecule has 4 nitrogen and oxygen atoms in total. The minimum Gasteiger partial charge on any atom is -0.355 e. The maximum absolute atomic E-state index is 4.95. The molecule has 0 atom stereocenters. The van der Waals surface area contributed by atoms with Gasteiger partial charge in [-0.1, -0.05) is 44.0 Å². The largest absolute Gasteiger partial charge is 0.355 e. The summed E-state index contributed by atoms with van der Waals surface area (Å²) < 4.78 is 4.37. The highest BCUT2D eigenvalue weighted by Crippen LogP contribution is 2.32. The number of benzene rings is 2. The topological polar surface area (TPSA) is 38.0 Å². The molecule has 0 aliphatic rings. The molecule has 3 aromatic heterocycles. The molecule has 5 rings (SSSR count). The van der Waals surface area contributed by atoms with Crippen molar-refractivity contribution in [1.29, 1.82) is 0 Å². The molecule has 3 heterocycles. The van der Waals surface area contributed by atoms with Gasteiger partial charge in [0.1, 0.15) is 0 Å². The van der Waals surface area contributed by atoms with Crippen LogP contribution in [0.25, 0.3) is 57.7 Å². The van der Waals surface area contributed by atoms with E-state index in [0.29, 0.717) is 0 Å². The van der Waals surface area contributed by atoms with E-state index in [2.05, 4.69) is 76.2 Å². The Morgan fingerprint density at radius 1 is 0.967 bits per heavy atom. The molecule has 0 spiro atoms. The summed E-state index contributed by atoms with van der Waals surface area (Å²) >= 11 is 0. The lowest BCUT2D eigenvalue weighted by Crippen LogP contribution is -1.95. The molecule has 0 aliphatic heterocycles. The van der Waals surface area contributed by atoms with Crippen LogP contribution in [0.15, 0.2) is 68.3 Å². The number of fused-ring (bicyclic) bond motifs is 4. The summed E-state index contributed by atoms with van der Waals surface area (Å²) in [6, 6.07) is 14.7. The van der Waals surface area contributed by atoms with Crippen LogP contribution >= 0.6 is 0 Å². The molecule has 30 heavy (non-hydrogen) atoms. The van der Waals surface area contributed by atoms with Crippen LogP contribution in [0.1, 0.15) is 29.6 Å². The van der Waals surface area contributed by atoms with Crippen LogP contribution in [-0.2, 0) is 0 Å². The van der Waals surface area contributed by atoms with Crippen LogP contribution in [0, 0.1) is 0 Å². The third-order valence-corrected chi connectivity index (χ3v) is 5.52. The molecule has 146 valence electrons. The van der Waals surface area contributed by atoms with E-state index in [4.69, 9.17) is 4.98 Å². The molecule has 0 bridgehead atoms. The van der Waals surface area contributed by atoms with Crippen LogP contribution in [-0.4, -0.2) is 18.9 Å². The number of para-hydroxylation sites is 2. The summed E-state index contributed by atoms with van der Waals surface area (Å²) in [5.41, 5.74) is 8.21. The molecule has 0 saturated carbocycles. The molecule has 5 aromatic rings. The number of imidazole rings is 2. The Labute approximate surface area is 174 Å². The van der Waals surface area contributed by atoms with Crippen molar-refractivity contribution in [3.8, 4) is 5.69 Å². The Hall–Kier alpha value is -4.05. The average Bonchev–Trinajstić information content (AvgIpc) is 3.41. The first kappa shape index (κ1) is 18.0. The second-order valence-corrected chi connectivity index (χ2v) is 7.14. The predicted molar refractivity (Wildman–Crippen MR) is 129 cm³/mol. The van der Waals surface area contributed by atoms with Crippen molar-refractivity contribution < 1.29 is 0 Å². The van der Waals surface area contributed by atoms with Crippen molar-refractivity contribution in [2.75, 3.05) is 0 Å². The van der Waals surface area contributed by atoms with E-state index in [1.54, 1.807) is 0 Å². The average molecular weight is 390 g/mol. The van der Waals surface area contributed by atoms with E-state index in [0.717, 1.165) is 56.0 Å². The van der Waals surface area contributed by atoms with Crippen molar-refractivity contribution in [2.24, 2.45) is 0 Å². The van der Waals surface area contributed by atoms with E-state index >= 15 is 0 Å². The van der Waals surface area contributed by atoms with Gasteiger partial charge in [0.2, 0.25) is 5.78 Å². The minimum atomic E-state index is 0.859. The van der Waals surface area contributed by atoms with Gasteiger partial charge in [0.25, 0.3) is 0 Å². The molecule has 0 unspecified atom stereocenters. The lowest BCUT2D eigenvalue weighted by Gasteiger charge is -2.06. The third-order valence-electron chi connectivity index (χ3n) is 5.52. The minimum absolute atomic E-state index is 0.859. The highest BCUT2D eigenvalue weighted by atomic mass is 15.2. The SMILES string of the molecule is C=Cc1[nH]c2ccc(-n3c4ccccc4n4c(C=C)c(/C=C\C)nc34)cc2c1C=C. The highest BCUT2D eigenvalue weighted by molar-refractivity contribution is 5.95. The second kappa shape index (κ2) is 6.78. The van der Waals surface area contributed by atoms with Gasteiger partial charge < -0.3 is 4.98 Å². The summed E-state index contributed by atoms with van der Waals surface area (Å²) in [5.74, 6) is 0.859. The standard InChI is InChI=1S/C26H22N4/c1-5-11-22-23(8-4)30-25-13-10-9-12-24(25)29(26(30)28-22)17-14-15-21-19(16-17)18(6-2)20(7-3)27-21/h5-16,27H,2-4H2,1H3/b11-5-. The quantitative estimate of drug-likeness (QED) is 0.355. The van der Waals surface area contributed by atoms with E-state index in [1.165, 1.54) is 0 Å². The fourth-order valence-corrected chi connectivity index (χ4v) is 4.25. The van der Waals surface area contributed by atoms with E-state index in [-0.39, 0.29) is 0 Å². The number of H-pyrrole nitrogens is 1. The summed E-state index contributed by atoms with van der Waals surface area (Å²) in [6.45, 7) is 13.9. The molecular formula is C26H22N4. The Kier molecular flexibility index (Phi) is 4.07. The maximum Gasteiger partial charge on any atom is 0.220 e. The molecular weight excluding hydrogens is 368 g/mol. The smallest absolute Gasteiger partial charge is 0.220 e. The van der Waals surface area contributed by atoms with Crippen molar-refractivity contribution in [1.82, 2.24) is 18.9 Å². The van der Waals surface area contributed by atoms with Crippen molar-refractivity contribution in [3.05, 3.63) is 90.9 Å². The normalized spacial score (nSPS) is 11.8. The first-order chi connectivity index (χ1) is 14.7. The van der Waals surface area contributed by atoms with Crippen LogP contribution in [0.4, 0.5) is 0 Å². The molecule has 0 aliphatic carbocycles. The van der Waals surface area contributed by atoms with Gasteiger partial charge in [-0.25, -0.2) is 4.98 Å². The van der Waals surface area contributed by atoms with Crippen LogP contribution in [0.5, 0.6) is 0 Å². The number of rotatable bonds is 5. The molecule has 4 heteroatoms. The van der Waals surface area contributed by atoms with Crippen LogP contribution in [0.3, 0.4) is 0 Å². The summed E-state index contributed by atoms with van der Waals surface area (Å²) in [5, 5.41) is 1.11. The summed E-state index contributed by atoms with van der Waals surface area (Å²) in [7, 11) is 0. The van der Waals surface area contributed by atoms with Gasteiger partial charge in [0, 0.05) is 27.8 Å². The van der Waals surface area contributed by atoms with Crippen molar-refractivity contribution in [2.45, 2.75) is 6.92 Å². The van der Waals surface area contributed by atoms with Crippen LogP contribution in [0.2, 0.25) is 0 Å². The van der Waals surface area contributed by atoms with Gasteiger partial charge in [0.05, 0.1) is 22.4 Å². The van der Waals surface area contributed by atoms with Gasteiger partial charge in [-0.3, -0.25) is 8.97 Å². The molecule has 0 radical (unpaired) electrons. The fourth-order valence-electron chi connectivity index (χ4n) is 4.25. The monoisotopic (exact) mass is 390 g/mol. The summed E-state index contributed by atoms with van der Waals surface area (Å²) in [4.78, 5) is 8.36. The number of allylic oxidation sites excluding steroid dienone is 1. The van der Waals surface area contributed by atoms with Crippen LogP contribution < -0.4 is 0 Å². The molecule has 0 saturated heterocycles. The van der Waals surface area contributed by atoms with E-state index in [1.807, 2.05) is 37.3 Å². The molecule has 0 fully saturated rings. The Balaban J connectivity index is 1.91. The first-order valence-corrected chi connectivity index (χ1v) is 9.89. The lowest BCUT2D eigenvalue weighted by molar-refractivity contribution is 1.10. The Bertz CT molecular complexity index is 1500. The summed E-state index contributed by atoms with van der Waals surface area (Å²) in [6.07, 6.45) is 9.59. The van der Waals surface area contributed by atoms with Gasteiger partial charge in [0.15, 0.2) is 0 Å². The third kappa shape index (κ3) is 2.37. The van der Waals surface area contributed by atoms with Gasteiger partial charge in [-0.2, -0.15) is 0 Å². The Morgan fingerprint density at radius 3 is 2.47 bits per heavy atom. The number of hydrogen-bond donors (Lipinski definition) is 1. The Morgan fingerprint density at radius 2 is 1.77 bits per heavy atom. The number of nitrogens with one attached hydrogen (secondary N) is 1. The fraction of sp³-hybridized carbons (Fsp3) is 0.0385. The van der Waals surface area contributed by atoms with E-state index < -0.39 is 0 Å².